The van der Waals surface area contributed by atoms with Crippen molar-refractivity contribution in [3.63, 3.8) is 0 Å². The topological polar surface area (TPSA) is 55.1 Å². The lowest BCUT2D eigenvalue weighted by Crippen LogP contribution is -2.10. The van der Waals surface area contributed by atoms with Crippen molar-refractivity contribution in [2.75, 3.05) is 0 Å². The minimum atomic E-state index is -0.825. The van der Waals surface area contributed by atoms with Crippen molar-refractivity contribution in [3.05, 3.63) is 65.5 Å². The van der Waals surface area contributed by atoms with Crippen LogP contribution in [0, 0.1) is 0 Å². The van der Waals surface area contributed by atoms with Crippen LogP contribution in [-0.4, -0.2) is 25.9 Å². The number of hydrogen-bond acceptors (Lipinski definition) is 3. The summed E-state index contributed by atoms with van der Waals surface area (Å²) in [4.78, 5) is 16.4. The van der Waals surface area contributed by atoms with Crippen LogP contribution in [0.5, 0.6) is 0 Å². The third-order valence-corrected chi connectivity index (χ3v) is 6.15. The molecule has 0 spiro atoms. The summed E-state index contributed by atoms with van der Waals surface area (Å²) < 4.78 is 3.16. The van der Waals surface area contributed by atoms with E-state index in [0.717, 1.165) is 36.7 Å². The van der Waals surface area contributed by atoms with E-state index < -0.39 is 11.2 Å². The Morgan fingerprint density at radius 1 is 1.15 bits per heavy atom. The lowest BCUT2D eigenvalue weighted by atomic mass is 10.1. The molecule has 6 heteroatoms. The maximum Gasteiger partial charge on any atom is 0.316 e. The number of thioether (sulfide) groups is 1. The van der Waals surface area contributed by atoms with Crippen molar-refractivity contribution in [1.29, 1.82) is 0 Å². The summed E-state index contributed by atoms with van der Waals surface area (Å²) in [5.41, 5.74) is 2.06. The molecule has 1 N–H and O–H groups in total. The van der Waals surface area contributed by atoms with Crippen molar-refractivity contribution in [1.82, 2.24) is 9.55 Å². The molecule has 0 radical (unpaired) electrons. The number of benzene rings is 2. The molecule has 0 saturated heterocycles. The highest BCUT2D eigenvalue weighted by Gasteiger charge is 2.18. The molecular weight excluding hydrogens is 412 g/mol. The van der Waals surface area contributed by atoms with Crippen LogP contribution in [0.25, 0.3) is 27.4 Å². The lowest BCUT2D eigenvalue weighted by Gasteiger charge is -2.11. The molecule has 2 aromatic carbocycles. The Hall–Kier alpha value is -2.31. The van der Waals surface area contributed by atoms with Gasteiger partial charge in [-0.25, -0.2) is 0 Å². The van der Waals surface area contributed by atoms with E-state index in [1.807, 2.05) is 30.5 Å². The Bertz CT molecular complexity index is 1140. The van der Waals surface area contributed by atoms with E-state index in [1.165, 1.54) is 11.8 Å². The Morgan fingerprint density at radius 3 is 2.69 bits per heavy atom. The fraction of sp³-hybridized carbons (Fsp3) is 0.100. The number of hydrogen-bond donors (Lipinski definition) is 1. The zero-order valence-electron chi connectivity index (χ0n) is 13.9. The van der Waals surface area contributed by atoms with Crippen molar-refractivity contribution in [2.24, 2.45) is 0 Å². The van der Waals surface area contributed by atoms with Crippen LogP contribution in [0.15, 0.2) is 70.4 Å². The molecule has 0 fully saturated rings. The maximum atomic E-state index is 11.3. The van der Waals surface area contributed by atoms with Crippen molar-refractivity contribution >= 4 is 55.3 Å². The molecule has 2 heterocycles. The first-order valence-electron chi connectivity index (χ1n) is 8.08. The van der Waals surface area contributed by atoms with E-state index in [2.05, 4.69) is 43.7 Å². The first-order chi connectivity index (χ1) is 12.6. The van der Waals surface area contributed by atoms with Gasteiger partial charge in [0.05, 0.1) is 11.2 Å². The number of carboxylic acids is 1. The molecule has 1 atom stereocenters. The van der Waals surface area contributed by atoms with Crippen LogP contribution in [0.3, 0.4) is 0 Å². The molecule has 130 valence electrons. The van der Waals surface area contributed by atoms with Gasteiger partial charge in [-0.2, -0.15) is 0 Å². The molecule has 2 aromatic heterocycles. The molecule has 0 bridgehead atoms. The van der Waals surface area contributed by atoms with E-state index >= 15 is 0 Å². The number of carbonyl (C=O) groups is 1. The fourth-order valence-corrected chi connectivity index (χ4v) is 4.44. The molecule has 4 nitrogen and oxygen atoms in total. The number of pyridine rings is 1. The van der Waals surface area contributed by atoms with Gasteiger partial charge in [0.2, 0.25) is 0 Å². The van der Waals surface area contributed by atoms with Crippen LogP contribution < -0.4 is 0 Å². The highest BCUT2D eigenvalue weighted by atomic mass is 79.9. The SMILES string of the molecule is CC(Sc1cn(-c2ccc(Br)c3ccccc23)c2ccncc12)C(=O)O. The quantitative estimate of drug-likeness (QED) is 0.437. The van der Waals surface area contributed by atoms with Gasteiger partial charge in [-0.3, -0.25) is 9.78 Å². The van der Waals surface area contributed by atoms with Gasteiger partial charge < -0.3 is 9.67 Å². The summed E-state index contributed by atoms with van der Waals surface area (Å²) >= 11 is 4.95. The van der Waals surface area contributed by atoms with Gasteiger partial charge in [-0.1, -0.05) is 40.2 Å². The Balaban J connectivity index is 1.96. The highest BCUT2D eigenvalue weighted by molar-refractivity contribution is 9.10. The average Bonchev–Trinajstić information content (AvgIpc) is 3.01. The normalized spacial score (nSPS) is 12.5. The number of halogens is 1. The first-order valence-corrected chi connectivity index (χ1v) is 9.75. The minimum Gasteiger partial charge on any atom is -0.480 e. The average molecular weight is 427 g/mol. The molecule has 0 amide bonds. The standard InChI is InChI=1S/C20H15BrN2O2S/c1-12(20(24)25)26-19-11-23(18-8-9-22-10-15(18)19)17-7-6-16(21)13-4-2-3-5-14(13)17/h2-12H,1H3,(H,24,25). The first kappa shape index (κ1) is 17.1. The Labute approximate surface area is 163 Å². The molecule has 0 aliphatic carbocycles. The number of aromatic nitrogens is 2. The number of aliphatic carboxylic acids is 1. The summed E-state index contributed by atoms with van der Waals surface area (Å²) in [6, 6.07) is 14.3. The number of carboxylic acid groups (broad SMARTS) is 1. The van der Waals surface area contributed by atoms with Crippen LogP contribution >= 0.6 is 27.7 Å². The van der Waals surface area contributed by atoms with Crippen molar-refractivity contribution in [3.8, 4) is 5.69 Å². The van der Waals surface area contributed by atoms with Crippen molar-refractivity contribution < 1.29 is 9.90 Å². The molecule has 1 unspecified atom stereocenters. The number of rotatable bonds is 4. The Morgan fingerprint density at radius 2 is 1.92 bits per heavy atom. The third kappa shape index (κ3) is 2.89. The second-order valence-corrected chi connectivity index (χ2v) is 8.20. The minimum absolute atomic E-state index is 0.532. The van der Waals surface area contributed by atoms with Gasteiger partial charge in [0.15, 0.2) is 0 Å². The zero-order chi connectivity index (χ0) is 18.3. The van der Waals surface area contributed by atoms with E-state index in [9.17, 15) is 9.90 Å². The second-order valence-electron chi connectivity index (χ2n) is 5.97. The van der Waals surface area contributed by atoms with Crippen LogP contribution in [0.2, 0.25) is 0 Å². The van der Waals surface area contributed by atoms with Gasteiger partial charge in [0.25, 0.3) is 0 Å². The summed E-state index contributed by atoms with van der Waals surface area (Å²) in [5.74, 6) is -0.825. The predicted molar refractivity (Wildman–Crippen MR) is 109 cm³/mol. The van der Waals surface area contributed by atoms with E-state index in [-0.39, 0.29) is 0 Å². The number of nitrogens with zero attached hydrogens (tertiary/aromatic N) is 2. The molecule has 0 saturated carbocycles. The van der Waals surface area contributed by atoms with Gasteiger partial charge in [0, 0.05) is 38.7 Å². The second kappa shape index (κ2) is 6.78. The highest BCUT2D eigenvalue weighted by Crippen LogP contribution is 2.36. The van der Waals surface area contributed by atoms with Gasteiger partial charge in [-0.15, -0.1) is 11.8 Å². The molecule has 4 aromatic rings. The largest absolute Gasteiger partial charge is 0.480 e. The number of fused-ring (bicyclic) bond motifs is 2. The van der Waals surface area contributed by atoms with E-state index in [1.54, 1.807) is 19.3 Å². The van der Waals surface area contributed by atoms with E-state index in [4.69, 9.17) is 0 Å². The summed E-state index contributed by atoms with van der Waals surface area (Å²) in [7, 11) is 0. The fourth-order valence-electron chi connectivity index (χ4n) is 3.03. The molecule has 4 rings (SSSR count). The smallest absolute Gasteiger partial charge is 0.316 e. The summed E-state index contributed by atoms with van der Waals surface area (Å²) in [6.07, 6.45) is 5.56. The molecule has 0 aliphatic rings. The monoisotopic (exact) mass is 426 g/mol. The summed E-state index contributed by atoms with van der Waals surface area (Å²) in [5, 5.41) is 11.9. The van der Waals surface area contributed by atoms with Crippen LogP contribution in [0.4, 0.5) is 0 Å². The Kier molecular flexibility index (Phi) is 4.46. The predicted octanol–water partition coefficient (Wildman–Crippen LogP) is 5.51. The summed E-state index contributed by atoms with van der Waals surface area (Å²) in [6.45, 7) is 1.70. The third-order valence-electron chi connectivity index (χ3n) is 4.33. The van der Waals surface area contributed by atoms with Gasteiger partial charge >= 0.3 is 5.97 Å². The lowest BCUT2D eigenvalue weighted by molar-refractivity contribution is -0.136. The molecule has 26 heavy (non-hydrogen) atoms. The van der Waals surface area contributed by atoms with Gasteiger partial charge in [0.1, 0.15) is 5.25 Å². The zero-order valence-corrected chi connectivity index (χ0v) is 16.3. The van der Waals surface area contributed by atoms with Crippen molar-refractivity contribution in [2.45, 2.75) is 17.1 Å². The molecular formula is C20H15BrN2O2S. The van der Waals surface area contributed by atoms with Crippen LogP contribution in [-0.2, 0) is 4.79 Å². The van der Waals surface area contributed by atoms with Crippen LogP contribution in [0.1, 0.15) is 6.92 Å². The molecule has 0 aliphatic heterocycles. The van der Waals surface area contributed by atoms with Gasteiger partial charge in [-0.05, 0) is 30.5 Å². The maximum absolute atomic E-state index is 11.3. The van der Waals surface area contributed by atoms with E-state index in [0.29, 0.717) is 0 Å².